The highest BCUT2D eigenvalue weighted by Crippen LogP contribution is 2.29. The minimum absolute atomic E-state index is 0.00657. The topological polar surface area (TPSA) is 53.8 Å². The van der Waals surface area contributed by atoms with Gasteiger partial charge in [-0.25, -0.2) is 0 Å². The molecule has 0 aliphatic carbocycles. The molecule has 2 heterocycles. The second kappa shape index (κ2) is 8.52. The van der Waals surface area contributed by atoms with Crippen LogP contribution >= 0.6 is 11.6 Å². The summed E-state index contributed by atoms with van der Waals surface area (Å²) in [7, 11) is 0. The Hall–Kier alpha value is -3.57. The SMILES string of the molecule is O=C(c1ccc(-c2ccccc2Cl)o1)N1CCN(C(=O)c2cccc3ccccc23)CC1. The Morgan fingerprint density at radius 2 is 1.38 bits per heavy atom. The number of carbonyl (C=O) groups is 2. The molecule has 1 fully saturated rings. The van der Waals surface area contributed by atoms with Crippen LogP contribution < -0.4 is 0 Å². The molecule has 3 aromatic carbocycles. The van der Waals surface area contributed by atoms with Gasteiger partial charge in [0.05, 0.1) is 5.02 Å². The number of nitrogens with zero attached hydrogens (tertiary/aromatic N) is 2. The van der Waals surface area contributed by atoms with Crippen LogP contribution in [0.25, 0.3) is 22.1 Å². The summed E-state index contributed by atoms with van der Waals surface area (Å²) in [5.74, 6) is 0.644. The van der Waals surface area contributed by atoms with Crippen molar-refractivity contribution in [1.29, 1.82) is 0 Å². The molecule has 32 heavy (non-hydrogen) atoms. The molecule has 4 aromatic rings. The first-order chi connectivity index (χ1) is 15.6. The van der Waals surface area contributed by atoms with Crippen LogP contribution in [0.3, 0.4) is 0 Å². The van der Waals surface area contributed by atoms with E-state index < -0.39 is 0 Å². The van der Waals surface area contributed by atoms with Crippen molar-refractivity contribution in [2.75, 3.05) is 26.2 Å². The molecule has 0 atom stereocenters. The summed E-state index contributed by atoms with van der Waals surface area (Å²) in [5.41, 5.74) is 1.44. The molecular formula is C26H21ClN2O3. The smallest absolute Gasteiger partial charge is 0.289 e. The highest BCUT2D eigenvalue weighted by molar-refractivity contribution is 6.33. The quantitative estimate of drug-likeness (QED) is 0.428. The predicted molar refractivity (Wildman–Crippen MR) is 125 cm³/mol. The normalized spacial score (nSPS) is 14.0. The van der Waals surface area contributed by atoms with Crippen molar-refractivity contribution in [3.8, 4) is 11.3 Å². The summed E-state index contributed by atoms with van der Waals surface area (Å²) in [4.78, 5) is 29.6. The third-order valence-electron chi connectivity index (χ3n) is 5.83. The van der Waals surface area contributed by atoms with Crippen LogP contribution in [-0.2, 0) is 0 Å². The number of amides is 2. The highest BCUT2D eigenvalue weighted by atomic mass is 35.5. The maximum Gasteiger partial charge on any atom is 0.289 e. The van der Waals surface area contributed by atoms with Gasteiger partial charge >= 0.3 is 0 Å². The minimum Gasteiger partial charge on any atom is -0.451 e. The fraction of sp³-hybridized carbons (Fsp3) is 0.154. The molecule has 0 N–H and O–H groups in total. The summed E-state index contributed by atoms with van der Waals surface area (Å²) in [6, 6.07) is 24.4. The van der Waals surface area contributed by atoms with Crippen LogP contribution in [0.1, 0.15) is 20.9 Å². The molecule has 1 aromatic heterocycles. The zero-order valence-electron chi connectivity index (χ0n) is 17.3. The van der Waals surface area contributed by atoms with Crippen molar-refractivity contribution in [1.82, 2.24) is 9.80 Å². The number of benzene rings is 3. The maximum absolute atomic E-state index is 13.1. The van der Waals surface area contributed by atoms with Crippen molar-refractivity contribution in [2.45, 2.75) is 0 Å². The van der Waals surface area contributed by atoms with Gasteiger partial charge in [-0.1, -0.05) is 60.1 Å². The van der Waals surface area contributed by atoms with Gasteiger partial charge in [-0.3, -0.25) is 9.59 Å². The van der Waals surface area contributed by atoms with Gasteiger partial charge in [0, 0.05) is 37.3 Å². The lowest BCUT2D eigenvalue weighted by Gasteiger charge is -2.34. The fourth-order valence-corrected chi connectivity index (χ4v) is 4.34. The molecule has 0 spiro atoms. The standard InChI is InChI=1S/C26H21ClN2O3/c27-22-11-4-3-9-21(22)23-12-13-24(32-23)26(31)29-16-14-28(15-17-29)25(30)20-10-5-7-18-6-1-2-8-19(18)20/h1-13H,14-17H2. The van der Waals surface area contributed by atoms with Gasteiger partial charge in [0.2, 0.25) is 0 Å². The number of rotatable bonds is 3. The molecule has 1 saturated heterocycles. The molecular weight excluding hydrogens is 424 g/mol. The van der Waals surface area contributed by atoms with Crippen LogP contribution in [0.4, 0.5) is 0 Å². The number of fused-ring (bicyclic) bond motifs is 1. The maximum atomic E-state index is 13.1. The van der Waals surface area contributed by atoms with Crippen LogP contribution in [0.15, 0.2) is 83.3 Å². The van der Waals surface area contributed by atoms with Gasteiger partial charge in [0.25, 0.3) is 11.8 Å². The Labute approximate surface area is 190 Å². The molecule has 1 aliphatic heterocycles. The Morgan fingerprint density at radius 3 is 2.16 bits per heavy atom. The first kappa shape index (κ1) is 20.3. The second-order valence-corrected chi connectivity index (χ2v) is 8.16. The molecule has 1 aliphatic rings. The molecule has 2 amide bonds. The number of hydrogen-bond donors (Lipinski definition) is 0. The van der Waals surface area contributed by atoms with Crippen LogP contribution in [0.2, 0.25) is 5.02 Å². The lowest BCUT2D eigenvalue weighted by Crippen LogP contribution is -2.50. The van der Waals surface area contributed by atoms with E-state index in [9.17, 15) is 9.59 Å². The Bertz CT molecular complexity index is 1300. The van der Waals surface area contributed by atoms with Crippen LogP contribution in [0.5, 0.6) is 0 Å². The van der Waals surface area contributed by atoms with Gasteiger partial charge in [-0.2, -0.15) is 0 Å². The molecule has 5 nitrogen and oxygen atoms in total. The highest BCUT2D eigenvalue weighted by Gasteiger charge is 2.27. The number of carbonyl (C=O) groups excluding carboxylic acids is 2. The van der Waals surface area contributed by atoms with E-state index in [0.717, 1.165) is 16.3 Å². The van der Waals surface area contributed by atoms with E-state index in [1.54, 1.807) is 23.1 Å². The number of hydrogen-bond acceptors (Lipinski definition) is 3. The van der Waals surface area contributed by atoms with Gasteiger partial charge in [-0.15, -0.1) is 0 Å². The van der Waals surface area contributed by atoms with E-state index in [0.29, 0.717) is 42.5 Å². The molecule has 0 saturated carbocycles. The summed E-state index contributed by atoms with van der Waals surface area (Å²) in [6.45, 7) is 1.87. The van der Waals surface area contributed by atoms with Gasteiger partial charge < -0.3 is 14.2 Å². The summed E-state index contributed by atoms with van der Waals surface area (Å²) in [6.07, 6.45) is 0. The van der Waals surface area contributed by atoms with Gasteiger partial charge in [0.1, 0.15) is 5.76 Å². The molecule has 0 radical (unpaired) electrons. The second-order valence-electron chi connectivity index (χ2n) is 7.75. The number of furan rings is 1. The van der Waals surface area contributed by atoms with Crippen LogP contribution in [0, 0.1) is 0 Å². The lowest BCUT2D eigenvalue weighted by atomic mass is 10.0. The van der Waals surface area contributed by atoms with Gasteiger partial charge in [-0.05, 0) is 41.1 Å². The predicted octanol–water partition coefficient (Wildman–Crippen LogP) is 5.35. The average Bonchev–Trinajstić information content (AvgIpc) is 3.33. The molecule has 0 bridgehead atoms. The van der Waals surface area contributed by atoms with Crippen molar-refractivity contribution >= 4 is 34.2 Å². The summed E-state index contributed by atoms with van der Waals surface area (Å²) < 4.78 is 5.80. The average molecular weight is 445 g/mol. The Morgan fingerprint density at radius 1 is 0.719 bits per heavy atom. The zero-order valence-corrected chi connectivity index (χ0v) is 18.1. The number of piperazine rings is 1. The van der Waals surface area contributed by atoms with E-state index in [1.807, 2.05) is 65.6 Å². The van der Waals surface area contributed by atoms with Gasteiger partial charge in [0.15, 0.2) is 5.76 Å². The molecule has 0 unspecified atom stereocenters. The van der Waals surface area contributed by atoms with E-state index >= 15 is 0 Å². The van der Waals surface area contributed by atoms with Crippen molar-refractivity contribution in [2.24, 2.45) is 0 Å². The third kappa shape index (κ3) is 3.76. The zero-order chi connectivity index (χ0) is 22.1. The Balaban J connectivity index is 1.27. The largest absolute Gasteiger partial charge is 0.451 e. The van der Waals surface area contributed by atoms with Crippen molar-refractivity contribution in [3.05, 3.63) is 95.2 Å². The van der Waals surface area contributed by atoms with E-state index in [-0.39, 0.29) is 17.6 Å². The monoisotopic (exact) mass is 444 g/mol. The summed E-state index contributed by atoms with van der Waals surface area (Å²) in [5, 5.41) is 2.56. The van der Waals surface area contributed by atoms with Crippen molar-refractivity contribution in [3.63, 3.8) is 0 Å². The van der Waals surface area contributed by atoms with Crippen molar-refractivity contribution < 1.29 is 14.0 Å². The minimum atomic E-state index is -0.180. The molecule has 6 heteroatoms. The Kier molecular flexibility index (Phi) is 5.41. The number of halogens is 1. The van der Waals surface area contributed by atoms with Crippen LogP contribution in [-0.4, -0.2) is 47.8 Å². The lowest BCUT2D eigenvalue weighted by molar-refractivity contribution is 0.0519. The fourth-order valence-electron chi connectivity index (χ4n) is 4.11. The van der Waals surface area contributed by atoms with E-state index in [4.69, 9.17) is 16.0 Å². The summed E-state index contributed by atoms with van der Waals surface area (Å²) >= 11 is 6.24. The first-order valence-electron chi connectivity index (χ1n) is 10.5. The van der Waals surface area contributed by atoms with E-state index in [1.165, 1.54) is 0 Å². The third-order valence-corrected chi connectivity index (χ3v) is 6.16. The first-order valence-corrected chi connectivity index (χ1v) is 10.9. The molecule has 5 rings (SSSR count). The van der Waals surface area contributed by atoms with E-state index in [2.05, 4.69) is 0 Å². The molecule has 160 valence electrons.